The molecule has 1 aromatic carbocycles. The van der Waals surface area contributed by atoms with Crippen LogP contribution in [0.25, 0.3) is 0 Å². The maximum absolute atomic E-state index is 12.2. The fraction of sp³-hybridized carbons (Fsp3) is 0.250. The second-order valence-electron chi connectivity index (χ2n) is 1.56. The first-order valence-corrected chi connectivity index (χ1v) is 3.68. The van der Waals surface area contributed by atoms with Crippen LogP contribution in [0, 0.1) is 11.6 Å². The van der Waals surface area contributed by atoms with Crippen molar-refractivity contribution in [2.75, 3.05) is 0 Å². The van der Waals surface area contributed by atoms with E-state index in [0.717, 1.165) is 12.1 Å². The van der Waals surface area contributed by atoms with E-state index >= 15 is 0 Å². The molecule has 0 saturated heterocycles. The minimum Gasteiger partial charge on any atom is -0.207 e. The van der Waals surface area contributed by atoms with Gasteiger partial charge in [0.25, 0.3) is 0 Å². The highest BCUT2D eigenvalue weighted by Crippen LogP contribution is 2.13. The Hall–Kier alpha value is -0.630. The SMILES string of the molecule is CC.Fc1ccc(Cl)c(F)c1. The summed E-state index contributed by atoms with van der Waals surface area (Å²) in [6.45, 7) is 4.00. The van der Waals surface area contributed by atoms with Gasteiger partial charge in [0.1, 0.15) is 11.6 Å². The third-order valence-corrected chi connectivity index (χ3v) is 1.19. The summed E-state index contributed by atoms with van der Waals surface area (Å²) in [7, 11) is 0. The van der Waals surface area contributed by atoms with Gasteiger partial charge in [0.15, 0.2) is 0 Å². The summed E-state index contributed by atoms with van der Waals surface area (Å²) < 4.78 is 24.3. The molecular formula is C8H9ClF2. The van der Waals surface area contributed by atoms with Crippen molar-refractivity contribution < 1.29 is 8.78 Å². The van der Waals surface area contributed by atoms with Crippen molar-refractivity contribution in [3.8, 4) is 0 Å². The fourth-order valence-electron chi connectivity index (χ4n) is 0.470. The van der Waals surface area contributed by atoms with Crippen LogP contribution in [-0.2, 0) is 0 Å². The van der Waals surface area contributed by atoms with E-state index in [1.54, 1.807) is 0 Å². The van der Waals surface area contributed by atoms with Crippen LogP contribution in [0.15, 0.2) is 18.2 Å². The maximum Gasteiger partial charge on any atom is 0.144 e. The molecule has 1 aromatic rings. The molecule has 11 heavy (non-hydrogen) atoms. The van der Waals surface area contributed by atoms with Gasteiger partial charge in [-0.1, -0.05) is 25.4 Å². The second-order valence-corrected chi connectivity index (χ2v) is 1.97. The lowest BCUT2D eigenvalue weighted by Gasteiger charge is -1.90. The summed E-state index contributed by atoms with van der Waals surface area (Å²) in [6.07, 6.45) is 0. The summed E-state index contributed by atoms with van der Waals surface area (Å²) >= 11 is 5.24. The zero-order chi connectivity index (χ0) is 8.85. The van der Waals surface area contributed by atoms with Crippen LogP contribution in [-0.4, -0.2) is 0 Å². The van der Waals surface area contributed by atoms with Crippen LogP contribution in [0.1, 0.15) is 13.8 Å². The smallest absolute Gasteiger partial charge is 0.144 e. The maximum atomic E-state index is 12.2. The molecule has 0 spiro atoms. The van der Waals surface area contributed by atoms with Crippen LogP contribution in [0.5, 0.6) is 0 Å². The molecule has 1 rings (SSSR count). The molecule has 0 unspecified atom stereocenters. The molecule has 0 fully saturated rings. The van der Waals surface area contributed by atoms with Gasteiger partial charge in [-0.05, 0) is 12.1 Å². The Balaban J connectivity index is 0.000000461. The number of hydrogen-bond acceptors (Lipinski definition) is 0. The van der Waals surface area contributed by atoms with Crippen LogP contribution >= 0.6 is 11.6 Å². The lowest BCUT2D eigenvalue weighted by Crippen LogP contribution is -1.77. The average molecular weight is 179 g/mol. The monoisotopic (exact) mass is 178 g/mol. The Morgan fingerprint density at radius 3 is 2.09 bits per heavy atom. The second kappa shape index (κ2) is 5.08. The highest BCUT2D eigenvalue weighted by molar-refractivity contribution is 6.30. The third-order valence-electron chi connectivity index (χ3n) is 0.882. The molecule has 0 nitrogen and oxygen atoms in total. The Morgan fingerprint density at radius 2 is 1.73 bits per heavy atom. The average Bonchev–Trinajstić information content (AvgIpc) is 2.02. The van der Waals surface area contributed by atoms with Gasteiger partial charge in [-0.2, -0.15) is 0 Å². The van der Waals surface area contributed by atoms with E-state index in [0.29, 0.717) is 0 Å². The van der Waals surface area contributed by atoms with Gasteiger partial charge in [-0.25, -0.2) is 8.78 Å². The number of benzene rings is 1. The zero-order valence-corrected chi connectivity index (χ0v) is 7.12. The molecule has 0 bridgehead atoms. The van der Waals surface area contributed by atoms with Gasteiger partial charge in [0.2, 0.25) is 0 Å². The molecule has 0 aliphatic carbocycles. The van der Waals surface area contributed by atoms with Crippen LogP contribution in [0.3, 0.4) is 0 Å². The number of hydrogen-bond donors (Lipinski definition) is 0. The van der Waals surface area contributed by atoms with E-state index < -0.39 is 11.6 Å². The van der Waals surface area contributed by atoms with Gasteiger partial charge in [-0.15, -0.1) is 0 Å². The Morgan fingerprint density at radius 1 is 1.18 bits per heavy atom. The van der Waals surface area contributed by atoms with Crippen LogP contribution in [0.2, 0.25) is 5.02 Å². The first-order chi connectivity index (χ1) is 5.20. The lowest BCUT2D eigenvalue weighted by molar-refractivity contribution is 0.583. The van der Waals surface area contributed by atoms with E-state index in [2.05, 4.69) is 0 Å². The molecule has 0 aliphatic rings. The molecule has 0 radical (unpaired) electrons. The minimum absolute atomic E-state index is 0.0589. The molecule has 0 saturated carbocycles. The quantitative estimate of drug-likeness (QED) is 0.532. The van der Waals surface area contributed by atoms with Crippen molar-refractivity contribution in [2.45, 2.75) is 13.8 Å². The Labute approximate surface area is 69.8 Å². The summed E-state index contributed by atoms with van der Waals surface area (Å²) in [5.74, 6) is -1.34. The van der Waals surface area contributed by atoms with Crippen molar-refractivity contribution in [3.05, 3.63) is 34.9 Å². The van der Waals surface area contributed by atoms with Crippen molar-refractivity contribution in [2.24, 2.45) is 0 Å². The van der Waals surface area contributed by atoms with Crippen LogP contribution in [0.4, 0.5) is 8.78 Å². The van der Waals surface area contributed by atoms with E-state index in [1.807, 2.05) is 13.8 Å². The molecular weight excluding hydrogens is 170 g/mol. The predicted octanol–water partition coefficient (Wildman–Crippen LogP) is 3.64. The van der Waals surface area contributed by atoms with Crippen molar-refractivity contribution >= 4 is 11.6 Å². The third kappa shape index (κ3) is 3.33. The summed E-state index contributed by atoms with van der Waals surface area (Å²) in [5, 5.41) is -0.0589. The normalized spacial score (nSPS) is 8.45. The van der Waals surface area contributed by atoms with Crippen LogP contribution < -0.4 is 0 Å². The molecule has 0 aliphatic heterocycles. The first-order valence-electron chi connectivity index (χ1n) is 3.30. The molecule has 0 heterocycles. The summed E-state index contributed by atoms with van der Waals surface area (Å²) in [4.78, 5) is 0. The molecule has 0 aromatic heterocycles. The van der Waals surface area contributed by atoms with E-state index in [4.69, 9.17) is 11.6 Å². The van der Waals surface area contributed by atoms with Gasteiger partial charge in [-0.3, -0.25) is 0 Å². The fourth-order valence-corrected chi connectivity index (χ4v) is 0.588. The summed E-state index contributed by atoms with van der Waals surface area (Å²) in [5.41, 5.74) is 0. The Bertz CT molecular complexity index is 223. The predicted molar refractivity (Wildman–Crippen MR) is 42.7 cm³/mol. The van der Waals surface area contributed by atoms with E-state index in [1.165, 1.54) is 6.07 Å². The highest BCUT2D eigenvalue weighted by Gasteiger charge is 1.97. The van der Waals surface area contributed by atoms with Crippen molar-refractivity contribution in [3.63, 3.8) is 0 Å². The van der Waals surface area contributed by atoms with Gasteiger partial charge >= 0.3 is 0 Å². The largest absolute Gasteiger partial charge is 0.207 e. The first kappa shape index (κ1) is 10.4. The molecule has 0 atom stereocenters. The summed E-state index contributed by atoms with van der Waals surface area (Å²) in [6, 6.07) is 3.01. The Kier molecular flexibility index (Phi) is 4.79. The lowest BCUT2D eigenvalue weighted by atomic mass is 10.3. The van der Waals surface area contributed by atoms with Crippen molar-refractivity contribution in [1.82, 2.24) is 0 Å². The van der Waals surface area contributed by atoms with E-state index in [-0.39, 0.29) is 5.02 Å². The van der Waals surface area contributed by atoms with Gasteiger partial charge in [0, 0.05) is 6.07 Å². The minimum atomic E-state index is -0.725. The highest BCUT2D eigenvalue weighted by atomic mass is 35.5. The van der Waals surface area contributed by atoms with Gasteiger partial charge in [0.05, 0.1) is 5.02 Å². The van der Waals surface area contributed by atoms with Gasteiger partial charge < -0.3 is 0 Å². The number of halogens is 3. The molecule has 0 N–H and O–H groups in total. The molecule has 62 valence electrons. The molecule has 3 heteroatoms. The number of rotatable bonds is 0. The van der Waals surface area contributed by atoms with Crippen molar-refractivity contribution in [1.29, 1.82) is 0 Å². The zero-order valence-electron chi connectivity index (χ0n) is 6.37. The molecule has 0 amide bonds. The van der Waals surface area contributed by atoms with E-state index in [9.17, 15) is 8.78 Å². The standard InChI is InChI=1S/C6H3ClF2.C2H6/c7-5-2-1-4(8)3-6(5)9;1-2/h1-3H;1-2H3. The topological polar surface area (TPSA) is 0 Å².